The van der Waals surface area contributed by atoms with Crippen LogP contribution in [-0.4, -0.2) is 14.2 Å². The Bertz CT molecular complexity index is 833. The van der Waals surface area contributed by atoms with Crippen LogP contribution in [0.3, 0.4) is 0 Å². The van der Waals surface area contributed by atoms with Gasteiger partial charge >= 0.3 is 0 Å². The third-order valence-corrected chi connectivity index (χ3v) is 4.79. The predicted octanol–water partition coefficient (Wildman–Crippen LogP) is 4.53. The van der Waals surface area contributed by atoms with E-state index in [2.05, 4.69) is 24.3 Å². The van der Waals surface area contributed by atoms with E-state index in [1.165, 1.54) is 0 Å². The van der Waals surface area contributed by atoms with Crippen LogP contribution in [0.15, 0.2) is 72.8 Å². The van der Waals surface area contributed by atoms with Crippen molar-refractivity contribution in [3.05, 3.63) is 95.1 Å². The molecule has 4 rings (SSSR count). The molecule has 1 aliphatic rings. The standard InChI is InChI=1S/C22H20O3/c1-23-20-13-16-15-25-22(17-9-5-3-6-10-17,18-11-7-4-8-12-18)19(16)14-21(20)24-2/h3-14H,15H2,1-2H3. The summed E-state index contributed by atoms with van der Waals surface area (Å²) < 4.78 is 17.5. The molecule has 3 heteroatoms. The first-order valence-electron chi connectivity index (χ1n) is 8.30. The average molecular weight is 332 g/mol. The van der Waals surface area contributed by atoms with Crippen LogP contribution in [0, 0.1) is 0 Å². The summed E-state index contributed by atoms with van der Waals surface area (Å²) in [6, 6.07) is 24.7. The van der Waals surface area contributed by atoms with Gasteiger partial charge in [-0.15, -0.1) is 0 Å². The molecule has 3 aromatic carbocycles. The van der Waals surface area contributed by atoms with Crippen molar-refractivity contribution in [1.82, 2.24) is 0 Å². The average Bonchev–Trinajstić information content (AvgIpc) is 3.07. The maximum atomic E-state index is 6.47. The first kappa shape index (κ1) is 15.7. The normalized spacial score (nSPS) is 14.8. The molecule has 0 saturated heterocycles. The van der Waals surface area contributed by atoms with Crippen LogP contribution in [0.5, 0.6) is 11.5 Å². The Hall–Kier alpha value is -2.78. The Morgan fingerprint density at radius 2 is 1.28 bits per heavy atom. The largest absolute Gasteiger partial charge is 0.493 e. The smallest absolute Gasteiger partial charge is 0.161 e. The Morgan fingerprint density at radius 1 is 0.760 bits per heavy atom. The number of benzene rings is 3. The van der Waals surface area contributed by atoms with E-state index in [0.29, 0.717) is 12.4 Å². The fraction of sp³-hybridized carbons (Fsp3) is 0.182. The highest BCUT2D eigenvalue weighted by Gasteiger charge is 2.44. The van der Waals surface area contributed by atoms with Crippen LogP contribution < -0.4 is 9.47 Å². The van der Waals surface area contributed by atoms with E-state index in [-0.39, 0.29) is 0 Å². The minimum Gasteiger partial charge on any atom is -0.493 e. The van der Waals surface area contributed by atoms with E-state index < -0.39 is 5.60 Å². The fourth-order valence-corrected chi connectivity index (χ4v) is 3.62. The van der Waals surface area contributed by atoms with Gasteiger partial charge in [0.05, 0.1) is 20.8 Å². The molecule has 3 aromatic rings. The van der Waals surface area contributed by atoms with E-state index in [1.807, 2.05) is 48.5 Å². The highest BCUT2D eigenvalue weighted by molar-refractivity contribution is 5.58. The van der Waals surface area contributed by atoms with Gasteiger partial charge in [0.15, 0.2) is 11.5 Å². The molecular weight excluding hydrogens is 312 g/mol. The van der Waals surface area contributed by atoms with Crippen LogP contribution in [0.1, 0.15) is 22.3 Å². The van der Waals surface area contributed by atoms with Gasteiger partial charge in [0.1, 0.15) is 5.60 Å². The minimum absolute atomic E-state index is 0.527. The minimum atomic E-state index is -0.641. The molecule has 25 heavy (non-hydrogen) atoms. The molecular formula is C22H20O3. The van der Waals surface area contributed by atoms with Crippen molar-refractivity contribution < 1.29 is 14.2 Å². The highest BCUT2D eigenvalue weighted by Crippen LogP contribution is 2.49. The summed E-state index contributed by atoms with van der Waals surface area (Å²) in [5.74, 6) is 1.43. The molecule has 0 aromatic heterocycles. The first-order valence-corrected chi connectivity index (χ1v) is 8.30. The molecule has 0 bridgehead atoms. The van der Waals surface area contributed by atoms with Gasteiger partial charge in [-0.2, -0.15) is 0 Å². The number of rotatable bonds is 4. The van der Waals surface area contributed by atoms with Crippen molar-refractivity contribution in [2.24, 2.45) is 0 Å². The van der Waals surface area contributed by atoms with Crippen LogP contribution in [-0.2, 0) is 16.9 Å². The Labute approximate surface area is 147 Å². The summed E-state index contributed by atoms with van der Waals surface area (Å²) in [5, 5.41) is 0. The molecule has 0 N–H and O–H groups in total. The molecule has 1 aliphatic heterocycles. The number of hydrogen-bond acceptors (Lipinski definition) is 3. The molecule has 0 amide bonds. The van der Waals surface area contributed by atoms with E-state index in [4.69, 9.17) is 14.2 Å². The predicted molar refractivity (Wildman–Crippen MR) is 97.1 cm³/mol. The summed E-state index contributed by atoms with van der Waals surface area (Å²) in [5.41, 5.74) is 3.78. The Kier molecular flexibility index (Phi) is 3.94. The Morgan fingerprint density at radius 3 is 1.80 bits per heavy atom. The second-order valence-electron chi connectivity index (χ2n) is 6.07. The lowest BCUT2D eigenvalue weighted by Gasteiger charge is -2.31. The molecule has 0 fully saturated rings. The lowest BCUT2D eigenvalue weighted by atomic mass is 9.80. The van der Waals surface area contributed by atoms with Gasteiger partial charge in [-0.25, -0.2) is 0 Å². The van der Waals surface area contributed by atoms with Gasteiger partial charge in [0, 0.05) is 5.56 Å². The molecule has 0 spiro atoms. The van der Waals surface area contributed by atoms with Crippen molar-refractivity contribution in [2.45, 2.75) is 12.2 Å². The number of fused-ring (bicyclic) bond motifs is 1. The van der Waals surface area contributed by atoms with Gasteiger partial charge in [-0.1, -0.05) is 60.7 Å². The quantitative estimate of drug-likeness (QED) is 0.703. The maximum Gasteiger partial charge on any atom is 0.161 e. The van der Waals surface area contributed by atoms with Gasteiger partial charge < -0.3 is 14.2 Å². The second-order valence-corrected chi connectivity index (χ2v) is 6.07. The molecule has 0 saturated carbocycles. The van der Waals surface area contributed by atoms with Crippen molar-refractivity contribution in [1.29, 1.82) is 0 Å². The van der Waals surface area contributed by atoms with Crippen LogP contribution in [0.25, 0.3) is 0 Å². The van der Waals surface area contributed by atoms with Crippen molar-refractivity contribution in [3.8, 4) is 11.5 Å². The summed E-state index contributed by atoms with van der Waals surface area (Å²) >= 11 is 0. The van der Waals surface area contributed by atoms with E-state index in [0.717, 1.165) is 28.0 Å². The number of hydrogen-bond donors (Lipinski definition) is 0. The lowest BCUT2D eigenvalue weighted by molar-refractivity contribution is 0.0267. The van der Waals surface area contributed by atoms with Crippen LogP contribution in [0.4, 0.5) is 0 Å². The maximum absolute atomic E-state index is 6.47. The van der Waals surface area contributed by atoms with Gasteiger partial charge in [0.25, 0.3) is 0 Å². The van der Waals surface area contributed by atoms with Crippen LogP contribution in [0.2, 0.25) is 0 Å². The van der Waals surface area contributed by atoms with E-state index in [9.17, 15) is 0 Å². The molecule has 0 unspecified atom stereocenters. The molecule has 126 valence electrons. The zero-order valence-electron chi connectivity index (χ0n) is 14.4. The summed E-state index contributed by atoms with van der Waals surface area (Å²) in [4.78, 5) is 0. The van der Waals surface area contributed by atoms with Gasteiger partial charge in [0.2, 0.25) is 0 Å². The number of ether oxygens (including phenoxy) is 3. The highest BCUT2D eigenvalue weighted by atomic mass is 16.5. The third kappa shape index (κ3) is 2.39. The van der Waals surface area contributed by atoms with E-state index >= 15 is 0 Å². The topological polar surface area (TPSA) is 27.7 Å². The van der Waals surface area contributed by atoms with Crippen molar-refractivity contribution >= 4 is 0 Å². The fourth-order valence-electron chi connectivity index (χ4n) is 3.62. The van der Waals surface area contributed by atoms with Gasteiger partial charge in [-0.05, 0) is 28.8 Å². The van der Waals surface area contributed by atoms with Crippen LogP contribution >= 0.6 is 0 Å². The molecule has 0 aliphatic carbocycles. The molecule has 0 atom stereocenters. The monoisotopic (exact) mass is 332 g/mol. The van der Waals surface area contributed by atoms with Crippen molar-refractivity contribution in [3.63, 3.8) is 0 Å². The molecule has 3 nitrogen and oxygen atoms in total. The number of methoxy groups -OCH3 is 2. The van der Waals surface area contributed by atoms with E-state index in [1.54, 1.807) is 14.2 Å². The van der Waals surface area contributed by atoms with Crippen molar-refractivity contribution in [2.75, 3.05) is 14.2 Å². The summed E-state index contributed by atoms with van der Waals surface area (Å²) in [6.45, 7) is 0.527. The van der Waals surface area contributed by atoms with Gasteiger partial charge in [-0.3, -0.25) is 0 Å². The SMILES string of the molecule is COc1cc2c(cc1OC)C(c1ccccc1)(c1ccccc1)OC2. The third-order valence-electron chi connectivity index (χ3n) is 4.79. The summed E-state index contributed by atoms with van der Waals surface area (Å²) in [6.07, 6.45) is 0. The zero-order valence-corrected chi connectivity index (χ0v) is 14.4. The molecule has 1 heterocycles. The zero-order chi connectivity index (χ0) is 17.3. The lowest BCUT2D eigenvalue weighted by Crippen LogP contribution is -2.28. The first-order chi connectivity index (χ1) is 12.3. The Balaban J connectivity index is 2.01. The molecule has 0 radical (unpaired) electrons. The second kappa shape index (κ2) is 6.26. The summed E-state index contributed by atoms with van der Waals surface area (Å²) in [7, 11) is 3.31.